The topological polar surface area (TPSA) is 59.2 Å². The van der Waals surface area contributed by atoms with Crippen LogP contribution < -0.4 is 0 Å². The highest BCUT2D eigenvalue weighted by Crippen LogP contribution is 2.28. The summed E-state index contributed by atoms with van der Waals surface area (Å²) in [5.74, 6) is 0.481. The minimum Gasteiger partial charge on any atom is -0.411 e. The van der Waals surface area contributed by atoms with Gasteiger partial charge >= 0.3 is 0 Å². The first kappa shape index (κ1) is 18.8. The molecule has 0 aliphatic carbocycles. The van der Waals surface area contributed by atoms with Crippen LogP contribution in [-0.4, -0.2) is 38.3 Å². The minimum atomic E-state index is -0.298. The minimum absolute atomic E-state index is 0.0660. The molecule has 1 amide bonds. The number of aromatic nitrogens is 2. The molecule has 2 rings (SSSR count). The van der Waals surface area contributed by atoms with Crippen LogP contribution in [0.15, 0.2) is 33.9 Å². The van der Waals surface area contributed by atoms with Gasteiger partial charge in [0.15, 0.2) is 0 Å². The fourth-order valence-electron chi connectivity index (χ4n) is 2.48. The fraction of sp³-hybridized carbons (Fsp3) is 0.471. The molecule has 0 saturated heterocycles. The maximum absolute atomic E-state index is 12.6. The van der Waals surface area contributed by atoms with Crippen LogP contribution in [0.3, 0.4) is 0 Å². The normalized spacial score (nSPS) is 12.7. The molecule has 0 saturated carbocycles. The van der Waals surface area contributed by atoms with Gasteiger partial charge in [-0.05, 0) is 58.9 Å². The lowest BCUT2D eigenvalue weighted by Crippen LogP contribution is -2.45. The van der Waals surface area contributed by atoms with Gasteiger partial charge in [-0.1, -0.05) is 23.4 Å². The molecule has 7 heteroatoms. The first-order valence-electron chi connectivity index (χ1n) is 7.88. The van der Waals surface area contributed by atoms with E-state index in [1.165, 1.54) is 11.8 Å². The van der Waals surface area contributed by atoms with E-state index in [1.807, 2.05) is 51.7 Å². The van der Waals surface area contributed by atoms with E-state index in [0.29, 0.717) is 16.1 Å². The summed E-state index contributed by atoms with van der Waals surface area (Å²) < 4.78 is 5.66. The highest BCUT2D eigenvalue weighted by atomic mass is 35.5. The van der Waals surface area contributed by atoms with Crippen molar-refractivity contribution in [3.05, 3.63) is 29.3 Å². The number of benzene rings is 1. The van der Waals surface area contributed by atoms with Crippen molar-refractivity contribution in [2.45, 2.75) is 57.2 Å². The van der Waals surface area contributed by atoms with Gasteiger partial charge in [-0.3, -0.25) is 4.79 Å². The van der Waals surface area contributed by atoms with Crippen molar-refractivity contribution in [2.75, 3.05) is 0 Å². The van der Waals surface area contributed by atoms with E-state index in [9.17, 15) is 4.79 Å². The Morgan fingerprint density at radius 2 is 1.67 bits per heavy atom. The third kappa shape index (κ3) is 4.51. The number of halogens is 1. The van der Waals surface area contributed by atoms with Crippen molar-refractivity contribution in [3.8, 4) is 11.5 Å². The summed E-state index contributed by atoms with van der Waals surface area (Å²) in [4.78, 5) is 14.5. The quantitative estimate of drug-likeness (QED) is 0.702. The molecule has 0 N–H and O–H groups in total. The average Bonchev–Trinajstić information content (AvgIpc) is 2.95. The molecule has 0 spiro atoms. The molecule has 0 bridgehead atoms. The van der Waals surface area contributed by atoms with Crippen LogP contribution in [0.2, 0.25) is 5.02 Å². The molecule has 0 radical (unpaired) electrons. The number of nitrogens with zero attached hydrogens (tertiary/aromatic N) is 3. The van der Waals surface area contributed by atoms with Crippen molar-refractivity contribution < 1.29 is 9.21 Å². The van der Waals surface area contributed by atoms with E-state index in [1.54, 1.807) is 12.1 Å². The summed E-state index contributed by atoms with van der Waals surface area (Å²) >= 11 is 7.15. The number of amides is 1. The van der Waals surface area contributed by atoms with Gasteiger partial charge in [0, 0.05) is 22.7 Å². The molecule has 0 fully saturated rings. The van der Waals surface area contributed by atoms with Crippen LogP contribution in [0.5, 0.6) is 0 Å². The Morgan fingerprint density at radius 3 is 2.21 bits per heavy atom. The van der Waals surface area contributed by atoms with E-state index in [0.717, 1.165) is 5.56 Å². The third-order valence-electron chi connectivity index (χ3n) is 3.49. The second-order valence-corrected chi connectivity index (χ2v) is 7.80. The summed E-state index contributed by atoms with van der Waals surface area (Å²) in [5.41, 5.74) is 0.795. The zero-order valence-corrected chi connectivity index (χ0v) is 16.1. The van der Waals surface area contributed by atoms with Gasteiger partial charge in [0.05, 0.1) is 5.25 Å². The van der Waals surface area contributed by atoms with E-state index in [2.05, 4.69) is 10.2 Å². The molecule has 2 aromatic rings. The SMILES string of the molecule is CC(Sc1nnc(-c2ccc(Cl)cc2)o1)C(=O)N(C(C)C)C(C)C. The molecule has 1 atom stereocenters. The third-order valence-corrected chi connectivity index (χ3v) is 4.66. The first-order chi connectivity index (χ1) is 11.3. The Kier molecular flexibility index (Phi) is 6.29. The Bertz CT molecular complexity index is 677. The maximum atomic E-state index is 12.6. The molecule has 0 aliphatic heterocycles. The molecule has 130 valence electrons. The molecule has 24 heavy (non-hydrogen) atoms. The number of hydrogen-bond donors (Lipinski definition) is 0. The predicted octanol–water partition coefficient (Wildman–Crippen LogP) is 4.52. The van der Waals surface area contributed by atoms with Crippen LogP contribution in [0.25, 0.3) is 11.5 Å². The summed E-state index contributed by atoms with van der Waals surface area (Å²) in [6, 6.07) is 7.46. The molecule has 1 unspecified atom stereocenters. The summed E-state index contributed by atoms with van der Waals surface area (Å²) in [6.45, 7) is 9.92. The van der Waals surface area contributed by atoms with E-state index < -0.39 is 0 Å². The van der Waals surface area contributed by atoms with Gasteiger partial charge in [-0.15, -0.1) is 10.2 Å². The van der Waals surface area contributed by atoms with Gasteiger partial charge in [-0.25, -0.2) is 0 Å². The molecule has 0 aliphatic rings. The van der Waals surface area contributed by atoms with Gasteiger partial charge in [0.2, 0.25) is 11.8 Å². The van der Waals surface area contributed by atoms with Crippen LogP contribution >= 0.6 is 23.4 Å². The molecular formula is C17H22ClN3O2S. The molecule has 1 heterocycles. The lowest BCUT2D eigenvalue weighted by atomic mass is 10.2. The van der Waals surface area contributed by atoms with Gasteiger partial charge in [0.25, 0.3) is 5.22 Å². The van der Waals surface area contributed by atoms with E-state index in [-0.39, 0.29) is 23.2 Å². The zero-order chi connectivity index (χ0) is 17.9. The van der Waals surface area contributed by atoms with E-state index in [4.69, 9.17) is 16.0 Å². The molecule has 1 aromatic carbocycles. The second kappa shape index (κ2) is 8.03. The van der Waals surface area contributed by atoms with E-state index >= 15 is 0 Å². The van der Waals surface area contributed by atoms with Crippen LogP contribution in [-0.2, 0) is 4.79 Å². The standard InChI is InChI=1S/C17H22ClN3O2S/c1-10(2)21(11(3)4)16(22)12(5)24-17-20-19-15(23-17)13-6-8-14(18)9-7-13/h6-12H,1-5H3. The summed E-state index contributed by atoms with van der Waals surface area (Å²) in [5, 5.41) is 8.80. The van der Waals surface area contributed by atoms with Gasteiger partial charge in [0.1, 0.15) is 0 Å². The van der Waals surface area contributed by atoms with Crippen molar-refractivity contribution in [1.29, 1.82) is 0 Å². The fourth-order valence-corrected chi connectivity index (χ4v) is 3.35. The highest BCUT2D eigenvalue weighted by Gasteiger charge is 2.27. The zero-order valence-electron chi connectivity index (χ0n) is 14.5. The largest absolute Gasteiger partial charge is 0.411 e. The number of carbonyl (C=O) groups is 1. The van der Waals surface area contributed by atoms with Crippen LogP contribution in [0.4, 0.5) is 0 Å². The summed E-state index contributed by atoms with van der Waals surface area (Å²) in [7, 11) is 0. The van der Waals surface area contributed by atoms with Crippen LogP contribution in [0, 0.1) is 0 Å². The molecule has 1 aromatic heterocycles. The van der Waals surface area contributed by atoms with Gasteiger partial charge in [-0.2, -0.15) is 0 Å². The monoisotopic (exact) mass is 367 g/mol. The highest BCUT2D eigenvalue weighted by molar-refractivity contribution is 8.00. The molecular weight excluding hydrogens is 346 g/mol. The van der Waals surface area contributed by atoms with Crippen molar-refractivity contribution in [3.63, 3.8) is 0 Å². The van der Waals surface area contributed by atoms with Crippen LogP contribution in [0.1, 0.15) is 34.6 Å². The second-order valence-electron chi connectivity index (χ2n) is 6.07. The van der Waals surface area contributed by atoms with Crippen molar-refractivity contribution in [2.24, 2.45) is 0 Å². The Labute approximate surface area is 151 Å². The van der Waals surface area contributed by atoms with Crippen molar-refractivity contribution in [1.82, 2.24) is 15.1 Å². The lowest BCUT2D eigenvalue weighted by Gasteiger charge is -2.32. The Balaban J connectivity index is 2.08. The maximum Gasteiger partial charge on any atom is 0.277 e. The Hall–Kier alpha value is -1.53. The summed E-state index contributed by atoms with van der Waals surface area (Å²) in [6.07, 6.45) is 0. The number of hydrogen-bond acceptors (Lipinski definition) is 5. The smallest absolute Gasteiger partial charge is 0.277 e. The lowest BCUT2D eigenvalue weighted by molar-refractivity contribution is -0.133. The predicted molar refractivity (Wildman–Crippen MR) is 97.2 cm³/mol. The first-order valence-corrected chi connectivity index (χ1v) is 9.13. The van der Waals surface area contributed by atoms with Crippen molar-refractivity contribution >= 4 is 29.3 Å². The Morgan fingerprint density at radius 1 is 1.08 bits per heavy atom. The molecule has 5 nitrogen and oxygen atoms in total. The average molecular weight is 368 g/mol. The number of rotatable bonds is 6. The van der Waals surface area contributed by atoms with Gasteiger partial charge < -0.3 is 9.32 Å². The number of carbonyl (C=O) groups excluding carboxylic acids is 1. The number of thioether (sulfide) groups is 1.